The second-order valence-corrected chi connectivity index (χ2v) is 6.76. The van der Waals surface area contributed by atoms with Gasteiger partial charge in [0.05, 0.1) is 6.10 Å². The summed E-state index contributed by atoms with van der Waals surface area (Å²) in [5, 5.41) is 13.2. The van der Waals surface area contributed by atoms with Crippen LogP contribution in [-0.4, -0.2) is 16.7 Å². The van der Waals surface area contributed by atoms with Crippen LogP contribution in [0.5, 0.6) is 0 Å². The highest BCUT2D eigenvalue weighted by molar-refractivity contribution is 6.35. The summed E-state index contributed by atoms with van der Waals surface area (Å²) in [5.74, 6) is 0.239. The van der Waals surface area contributed by atoms with Gasteiger partial charge >= 0.3 is 0 Å². The quantitative estimate of drug-likeness (QED) is 0.780. The predicted molar refractivity (Wildman–Crippen MR) is 82.2 cm³/mol. The third-order valence-corrected chi connectivity index (χ3v) is 5.49. The van der Waals surface area contributed by atoms with E-state index < -0.39 is 0 Å². The molecule has 0 aromatic heterocycles. The maximum absolute atomic E-state index is 10.0. The molecule has 0 amide bonds. The highest BCUT2D eigenvalue weighted by Crippen LogP contribution is 2.50. The number of rotatable bonds is 0. The minimum Gasteiger partial charge on any atom is -0.393 e. The summed E-state index contributed by atoms with van der Waals surface area (Å²) in [5.41, 5.74) is 8.95. The standard InChI is InChI=1S/C17H18ClNO/c18-16-8-14-12(11-3-1-2-4-13(11)16)5-6-17(19)9-10(20)7-15(14)17/h1-4,8,10,15,20H,5-7,9,19H2/t10-,15+,17+/m0/s1. The Kier molecular flexibility index (Phi) is 2.65. The van der Waals surface area contributed by atoms with Crippen LogP contribution < -0.4 is 5.73 Å². The molecule has 2 aromatic rings. The molecule has 3 atom stereocenters. The Labute approximate surface area is 123 Å². The van der Waals surface area contributed by atoms with Crippen LogP contribution >= 0.6 is 11.6 Å². The van der Waals surface area contributed by atoms with Crippen molar-refractivity contribution in [1.29, 1.82) is 0 Å². The van der Waals surface area contributed by atoms with Crippen LogP contribution in [0, 0.1) is 0 Å². The van der Waals surface area contributed by atoms with Crippen LogP contribution in [0.15, 0.2) is 30.3 Å². The zero-order chi connectivity index (χ0) is 13.9. The number of aliphatic hydroxyl groups is 1. The molecule has 2 aliphatic rings. The summed E-state index contributed by atoms with van der Waals surface area (Å²) in [6, 6.07) is 10.4. The van der Waals surface area contributed by atoms with Crippen molar-refractivity contribution in [3.63, 3.8) is 0 Å². The molecule has 1 fully saturated rings. The predicted octanol–water partition coefficient (Wildman–Crippen LogP) is 3.38. The Morgan fingerprint density at radius 1 is 1.25 bits per heavy atom. The van der Waals surface area contributed by atoms with Gasteiger partial charge in [0.1, 0.15) is 0 Å². The summed E-state index contributed by atoms with van der Waals surface area (Å²) < 4.78 is 0. The monoisotopic (exact) mass is 287 g/mol. The minimum absolute atomic E-state index is 0.239. The van der Waals surface area contributed by atoms with Gasteiger partial charge in [-0.25, -0.2) is 0 Å². The van der Waals surface area contributed by atoms with Gasteiger partial charge < -0.3 is 10.8 Å². The van der Waals surface area contributed by atoms with Crippen molar-refractivity contribution in [2.75, 3.05) is 0 Å². The SMILES string of the molecule is N[C@@]12CCc3c(cc(Cl)c4ccccc34)[C@H]1C[C@H](O)C2. The molecule has 3 heteroatoms. The largest absolute Gasteiger partial charge is 0.393 e. The second kappa shape index (κ2) is 4.20. The van der Waals surface area contributed by atoms with Crippen LogP contribution in [0.1, 0.15) is 36.3 Å². The van der Waals surface area contributed by atoms with Gasteiger partial charge in [0.15, 0.2) is 0 Å². The van der Waals surface area contributed by atoms with Crippen LogP contribution in [-0.2, 0) is 6.42 Å². The maximum Gasteiger partial charge on any atom is 0.0564 e. The summed E-state index contributed by atoms with van der Waals surface area (Å²) in [6.45, 7) is 0. The molecule has 0 aliphatic heterocycles. The number of aryl methyl sites for hydroxylation is 1. The maximum atomic E-state index is 10.0. The highest BCUT2D eigenvalue weighted by Gasteiger charge is 2.47. The number of halogens is 1. The topological polar surface area (TPSA) is 46.2 Å². The number of hydrogen-bond acceptors (Lipinski definition) is 2. The zero-order valence-electron chi connectivity index (χ0n) is 11.3. The van der Waals surface area contributed by atoms with Crippen LogP contribution in [0.3, 0.4) is 0 Å². The van der Waals surface area contributed by atoms with Gasteiger partial charge in [0.2, 0.25) is 0 Å². The van der Waals surface area contributed by atoms with E-state index >= 15 is 0 Å². The van der Waals surface area contributed by atoms with Gasteiger partial charge in [-0.15, -0.1) is 0 Å². The fourth-order valence-corrected chi connectivity index (χ4v) is 4.53. The van der Waals surface area contributed by atoms with Crippen LogP contribution in [0.25, 0.3) is 10.8 Å². The Bertz CT molecular complexity index is 699. The van der Waals surface area contributed by atoms with Crippen molar-refractivity contribution in [2.45, 2.75) is 43.2 Å². The number of nitrogens with two attached hydrogens (primary N) is 1. The molecule has 2 aliphatic carbocycles. The first-order valence-corrected chi connectivity index (χ1v) is 7.63. The van der Waals surface area contributed by atoms with Crippen LogP contribution in [0.2, 0.25) is 5.02 Å². The van der Waals surface area contributed by atoms with Gasteiger partial charge in [-0.05, 0) is 48.3 Å². The van der Waals surface area contributed by atoms with E-state index in [1.165, 1.54) is 16.5 Å². The second-order valence-electron chi connectivity index (χ2n) is 6.35. The Hall–Kier alpha value is -1.09. The fraction of sp³-hybridized carbons (Fsp3) is 0.412. The van der Waals surface area contributed by atoms with E-state index in [1.54, 1.807) is 0 Å². The van der Waals surface area contributed by atoms with Gasteiger partial charge in [0, 0.05) is 21.9 Å². The molecule has 0 saturated heterocycles. The van der Waals surface area contributed by atoms with Crippen molar-refractivity contribution in [2.24, 2.45) is 5.73 Å². The van der Waals surface area contributed by atoms with E-state index in [9.17, 15) is 5.11 Å². The van der Waals surface area contributed by atoms with E-state index in [0.717, 1.165) is 29.7 Å². The van der Waals surface area contributed by atoms with E-state index in [2.05, 4.69) is 24.3 Å². The third kappa shape index (κ3) is 1.65. The van der Waals surface area contributed by atoms with Gasteiger partial charge in [-0.2, -0.15) is 0 Å². The van der Waals surface area contributed by atoms with Crippen molar-refractivity contribution >= 4 is 22.4 Å². The molecule has 0 unspecified atom stereocenters. The molecular formula is C17H18ClNO. The smallest absolute Gasteiger partial charge is 0.0564 e. The van der Waals surface area contributed by atoms with Crippen LogP contribution in [0.4, 0.5) is 0 Å². The molecule has 104 valence electrons. The Morgan fingerprint density at radius 2 is 2.00 bits per heavy atom. The molecule has 4 rings (SSSR count). The first kappa shape index (κ1) is 12.6. The third-order valence-electron chi connectivity index (χ3n) is 5.17. The lowest BCUT2D eigenvalue weighted by molar-refractivity contribution is 0.173. The van der Waals surface area contributed by atoms with E-state index in [4.69, 9.17) is 17.3 Å². The Morgan fingerprint density at radius 3 is 2.80 bits per heavy atom. The average molecular weight is 288 g/mol. The lowest BCUT2D eigenvalue weighted by atomic mass is 9.71. The lowest BCUT2D eigenvalue weighted by Crippen LogP contribution is -2.45. The zero-order valence-corrected chi connectivity index (χ0v) is 12.0. The number of fused-ring (bicyclic) bond motifs is 5. The first-order chi connectivity index (χ1) is 9.58. The van der Waals surface area contributed by atoms with E-state index in [1.807, 2.05) is 6.07 Å². The molecule has 2 nitrogen and oxygen atoms in total. The number of hydrogen-bond donors (Lipinski definition) is 2. The van der Waals surface area contributed by atoms with E-state index in [-0.39, 0.29) is 17.6 Å². The molecule has 0 spiro atoms. The summed E-state index contributed by atoms with van der Waals surface area (Å²) in [4.78, 5) is 0. The molecule has 0 heterocycles. The summed E-state index contributed by atoms with van der Waals surface area (Å²) in [6.07, 6.45) is 3.13. The van der Waals surface area contributed by atoms with Gasteiger partial charge in [-0.3, -0.25) is 0 Å². The molecule has 0 bridgehead atoms. The van der Waals surface area contributed by atoms with Crippen molar-refractivity contribution in [3.05, 3.63) is 46.5 Å². The van der Waals surface area contributed by atoms with Gasteiger partial charge in [0.25, 0.3) is 0 Å². The van der Waals surface area contributed by atoms with Crippen molar-refractivity contribution in [1.82, 2.24) is 0 Å². The molecule has 1 saturated carbocycles. The summed E-state index contributed by atoms with van der Waals surface area (Å²) >= 11 is 6.46. The molecule has 0 radical (unpaired) electrons. The molecule has 20 heavy (non-hydrogen) atoms. The summed E-state index contributed by atoms with van der Waals surface area (Å²) in [7, 11) is 0. The Balaban J connectivity index is 1.98. The first-order valence-electron chi connectivity index (χ1n) is 7.25. The molecular weight excluding hydrogens is 270 g/mol. The average Bonchev–Trinajstić information content (AvgIpc) is 2.74. The van der Waals surface area contributed by atoms with Crippen molar-refractivity contribution < 1.29 is 5.11 Å². The van der Waals surface area contributed by atoms with Crippen molar-refractivity contribution in [3.8, 4) is 0 Å². The number of benzene rings is 2. The van der Waals surface area contributed by atoms with E-state index in [0.29, 0.717) is 6.42 Å². The lowest BCUT2D eigenvalue weighted by Gasteiger charge is -2.38. The van der Waals surface area contributed by atoms with Gasteiger partial charge in [-0.1, -0.05) is 35.9 Å². The minimum atomic E-state index is -0.277. The number of aliphatic hydroxyl groups excluding tert-OH is 1. The molecule has 2 aromatic carbocycles. The molecule has 3 N–H and O–H groups in total. The highest BCUT2D eigenvalue weighted by atomic mass is 35.5. The fourth-order valence-electron chi connectivity index (χ4n) is 4.24. The normalized spacial score (nSPS) is 32.1.